The van der Waals surface area contributed by atoms with Crippen molar-refractivity contribution in [1.82, 2.24) is 0 Å². The number of methoxy groups -OCH3 is 1. The van der Waals surface area contributed by atoms with Crippen LogP contribution in [-0.2, 0) is 9.63 Å². The lowest BCUT2D eigenvalue weighted by Gasteiger charge is -2.10. The molecule has 0 fully saturated rings. The normalized spacial score (nSPS) is 16.3. The third-order valence-electron chi connectivity index (χ3n) is 3.57. The highest BCUT2D eigenvalue weighted by atomic mass is 35.5. The number of nitrogens with zero attached hydrogens (tertiary/aromatic N) is 1. The van der Waals surface area contributed by atoms with Crippen molar-refractivity contribution in [2.75, 3.05) is 12.4 Å². The molecule has 0 aromatic heterocycles. The molecule has 1 amide bonds. The van der Waals surface area contributed by atoms with E-state index in [1.165, 1.54) is 0 Å². The fourth-order valence-electron chi connectivity index (χ4n) is 2.27. The van der Waals surface area contributed by atoms with E-state index in [2.05, 4.69) is 10.5 Å². The molecular weight excluding hydrogens is 351 g/mol. The van der Waals surface area contributed by atoms with Gasteiger partial charge in [-0.2, -0.15) is 0 Å². The highest BCUT2D eigenvalue weighted by Gasteiger charge is 2.29. The Morgan fingerprint density at radius 3 is 2.62 bits per heavy atom. The number of nitrogens with one attached hydrogen (secondary N) is 1. The zero-order valence-electron chi connectivity index (χ0n) is 12.8. The summed E-state index contributed by atoms with van der Waals surface area (Å²) in [4.78, 5) is 17.5. The number of benzene rings is 2. The molecule has 1 N–H and O–H groups in total. The summed E-state index contributed by atoms with van der Waals surface area (Å²) in [7, 11) is 1.61. The van der Waals surface area contributed by atoms with Crippen LogP contribution in [0.1, 0.15) is 12.0 Å². The van der Waals surface area contributed by atoms with Gasteiger partial charge >= 0.3 is 0 Å². The first-order valence-electron chi connectivity index (χ1n) is 7.20. The number of hydrogen-bond acceptors (Lipinski definition) is 4. The maximum atomic E-state index is 12.3. The summed E-state index contributed by atoms with van der Waals surface area (Å²) in [5.74, 6) is 0.466. The zero-order valence-corrected chi connectivity index (χ0v) is 14.3. The molecule has 0 spiro atoms. The molecule has 1 aliphatic heterocycles. The Kier molecular flexibility index (Phi) is 4.92. The summed E-state index contributed by atoms with van der Waals surface area (Å²) in [6.45, 7) is 0. The van der Waals surface area contributed by atoms with Gasteiger partial charge in [0.05, 0.1) is 22.9 Å². The van der Waals surface area contributed by atoms with Gasteiger partial charge in [-0.3, -0.25) is 4.79 Å². The first kappa shape index (κ1) is 16.6. The van der Waals surface area contributed by atoms with E-state index in [0.717, 1.165) is 11.3 Å². The van der Waals surface area contributed by atoms with Crippen LogP contribution in [0.2, 0.25) is 10.0 Å². The molecule has 2 aromatic rings. The van der Waals surface area contributed by atoms with Crippen molar-refractivity contribution in [3.05, 3.63) is 58.1 Å². The van der Waals surface area contributed by atoms with Crippen LogP contribution in [0.3, 0.4) is 0 Å². The van der Waals surface area contributed by atoms with E-state index in [9.17, 15) is 4.79 Å². The number of rotatable bonds is 4. The van der Waals surface area contributed by atoms with Crippen LogP contribution < -0.4 is 10.1 Å². The monoisotopic (exact) mass is 364 g/mol. The first-order chi connectivity index (χ1) is 11.6. The van der Waals surface area contributed by atoms with E-state index in [0.29, 0.717) is 27.9 Å². The molecule has 0 radical (unpaired) electrons. The first-order valence-corrected chi connectivity index (χ1v) is 7.95. The molecule has 0 saturated carbocycles. The van der Waals surface area contributed by atoms with Crippen LogP contribution >= 0.6 is 23.2 Å². The van der Waals surface area contributed by atoms with Gasteiger partial charge in [-0.25, -0.2) is 0 Å². The van der Waals surface area contributed by atoms with Crippen molar-refractivity contribution >= 4 is 40.5 Å². The van der Waals surface area contributed by atoms with Crippen molar-refractivity contribution in [1.29, 1.82) is 0 Å². The third kappa shape index (κ3) is 3.63. The van der Waals surface area contributed by atoms with Crippen LogP contribution in [0.4, 0.5) is 5.69 Å². The van der Waals surface area contributed by atoms with Crippen LogP contribution in [0, 0.1) is 0 Å². The Morgan fingerprint density at radius 1 is 1.21 bits per heavy atom. The molecule has 124 valence electrons. The summed E-state index contributed by atoms with van der Waals surface area (Å²) in [5.41, 5.74) is 2.16. The largest absolute Gasteiger partial charge is 0.497 e. The molecule has 0 aliphatic carbocycles. The number of oxime groups is 1. The molecule has 2 aromatic carbocycles. The lowest BCUT2D eigenvalue weighted by Crippen LogP contribution is -2.28. The molecule has 0 bridgehead atoms. The number of carbonyl (C=O) groups is 1. The van der Waals surface area contributed by atoms with E-state index >= 15 is 0 Å². The number of ether oxygens (including phenoxy) is 1. The summed E-state index contributed by atoms with van der Waals surface area (Å²) < 4.78 is 5.12. The van der Waals surface area contributed by atoms with Crippen molar-refractivity contribution in [3.63, 3.8) is 0 Å². The minimum Gasteiger partial charge on any atom is -0.497 e. The summed E-state index contributed by atoms with van der Waals surface area (Å²) in [6, 6.07) is 12.3. The molecular formula is C17H14Cl2N2O3. The number of hydrogen-bond donors (Lipinski definition) is 1. The van der Waals surface area contributed by atoms with Gasteiger partial charge in [0.15, 0.2) is 0 Å². The Balaban J connectivity index is 1.63. The second kappa shape index (κ2) is 7.11. The van der Waals surface area contributed by atoms with Gasteiger partial charge < -0.3 is 14.9 Å². The highest BCUT2D eigenvalue weighted by molar-refractivity contribution is 6.42. The Hall–Kier alpha value is -2.24. The molecule has 1 atom stereocenters. The predicted octanol–water partition coefficient (Wildman–Crippen LogP) is 4.13. The average molecular weight is 365 g/mol. The fourth-order valence-corrected chi connectivity index (χ4v) is 2.57. The predicted molar refractivity (Wildman–Crippen MR) is 94.1 cm³/mol. The van der Waals surface area contributed by atoms with Crippen molar-refractivity contribution in [3.8, 4) is 5.75 Å². The highest BCUT2D eigenvalue weighted by Crippen LogP contribution is 2.26. The Morgan fingerprint density at radius 2 is 1.96 bits per heavy atom. The second-order valence-corrected chi connectivity index (χ2v) is 6.00. The van der Waals surface area contributed by atoms with Gasteiger partial charge in [0.1, 0.15) is 5.75 Å². The Labute approximate surface area is 149 Å². The van der Waals surface area contributed by atoms with Crippen molar-refractivity contribution in [2.45, 2.75) is 12.5 Å². The van der Waals surface area contributed by atoms with E-state index in [4.69, 9.17) is 32.8 Å². The molecule has 24 heavy (non-hydrogen) atoms. The summed E-state index contributed by atoms with van der Waals surface area (Å²) in [6.07, 6.45) is -0.295. The van der Waals surface area contributed by atoms with E-state index in [-0.39, 0.29) is 5.91 Å². The van der Waals surface area contributed by atoms with Crippen LogP contribution in [-0.4, -0.2) is 24.8 Å². The van der Waals surface area contributed by atoms with Crippen LogP contribution in [0.25, 0.3) is 0 Å². The summed E-state index contributed by atoms with van der Waals surface area (Å²) >= 11 is 11.8. The number of amides is 1. The van der Waals surface area contributed by atoms with Gasteiger partial charge in [-0.1, -0.05) is 28.4 Å². The smallest absolute Gasteiger partial charge is 0.268 e. The molecule has 5 nitrogen and oxygen atoms in total. The lowest BCUT2D eigenvalue weighted by molar-refractivity contribution is -0.125. The van der Waals surface area contributed by atoms with Gasteiger partial charge in [0, 0.05) is 12.1 Å². The zero-order chi connectivity index (χ0) is 17.1. The van der Waals surface area contributed by atoms with Crippen LogP contribution in [0.15, 0.2) is 47.6 Å². The van der Waals surface area contributed by atoms with E-state index in [1.54, 1.807) is 25.3 Å². The molecule has 0 unspecified atom stereocenters. The molecule has 0 saturated heterocycles. The average Bonchev–Trinajstić information content (AvgIpc) is 3.08. The van der Waals surface area contributed by atoms with Gasteiger partial charge in [0.25, 0.3) is 5.91 Å². The maximum absolute atomic E-state index is 12.3. The standard InChI is InChI=1S/C17H14Cl2N2O3/c1-23-12-5-2-10(3-6-12)15-9-16(24-21-15)17(22)20-11-4-7-13(18)14(19)8-11/h2-8,16H,9H2,1H3,(H,20,22)/t16-/m0/s1. The van der Waals surface area contributed by atoms with Gasteiger partial charge in [-0.05, 0) is 48.0 Å². The molecule has 1 heterocycles. The molecule has 7 heteroatoms. The number of anilines is 1. The molecule has 1 aliphatic rings. The van der Waals surface area contributed by atoms with Gasteiger partial charge in [-0.15, -0.1) is 0 Å². The van der Waals surface area contributed by atoms with Crippen LogP contribution in [0.5, 0.6) is 5.75 Å². The Bertz CT molecular complexity index is 791. The molecule has 3 rings (SSSR count). The van der Waals surface area contributed by atoms with E-state index in [1.807, 2.05) is 24.3 Å². The lowest BCUT2D eigenvalue weighted by atomic mass is 10.0. The third-order valence-corrected chi connectivity index (χ3v) is 4.31. The van der Waals surface area contributed by atoms with E-state index < -0.39 is 6.10 Å². The minimum absolute atomic E-state index is 0.291. The number of halogens is 2. The maximum Gasteiger partial charge on any atom is 0.268 e. The quantitative estimate of drug-likeness (QED) is 0.886. The summed E-state index contributed by atoms with van der Waals surface area (Å²) in [5, 5.41) is 7.55. The topological polar surface area (TPSA) is 59.9 Å². The van der Waals surface area contributed by atoms with Gasteiger partial charge in [0.2, 0.25) is 6.10 Å². The van der Waals surface area contributed by atoms with Crippen molar-refractivity contribution in [2.24, 2.45) is 5.16 Å². The fraction of sp³-hybridized carbons (Fsp3) is 0.176. The SMILES string of the molecule is COc1ccc(C2=NO[C@H](C(=O)Nc3ccc(Cl)c(Cl)c3)C2)cc1. The minimum atomic E-state index is -0.684. The number of carbonyl (C=O) groups excluding carboxylic acids is 1. The second-order valence-electron chi connectivity index (χ2n) is 5.18. The van der Waals surface area contributed by atoms with Crippen molar-refractivity contribution < 1.29 is 14.4 Å².